The van der Waals surface area contributed by atoms with Gasteiger partial charge in [-0.25, -0.2) is 0 Å². The molecule has 1 saturated carbocycles. The molecule has 0 bridgehead atoms. The van der Waals surface area contributed by atoms with Crippen LogP contribution >= 0.6 is 0 Å². The fraction of sp³-hybridized carbons (Fsp3) is 1.00. The molecule has 0 aromatic carbocycles. The minimum absolute atomic E-state index is 0.539. The molecule has 108 valence electrons. The Hall–Kier alpha value is 0. The summed E-state index contributed by atoms with van der Waals surface area (Å²) in [6, 6.07) is 0. The Morgan fingerprint density at radius 2 is 1.72 bits per heavy atom. The summed E-state index contributed by atoms with van der Waals surface area (Å²) in [5.74, 6) is 3.94. The molecule has 0 spiro atoms. The molecule has 0 heteroatoms. The Balaban J connectivity index is 2.03. The molecule has 0 nitrogen and oxygen atoms in total. The van der Waals surface area contributed by atoms with E-state index >= 15 is 0 Å². The molecule has 0 saturated heterocycles. The zero-order chi connectivity index (χ0) is 13.8. The Kier molecular flexibility index (Phi) is 6.21. The van der Waals surface area contributed by atoms with E-state index in [0.29, 0.717) is 5.41 Å². The summed E-state index contributed by atoms with van der Waals surface area (Å²) in [7, 11) is 0. The maximum Gasteiger partial charge on any atom is -0.0331 e. The van der Waals surface area contributed by atoms with Crippen molar-refractivity contribution >= 4 is 0 Å². The highest BCUT2D eigenvalue weighted by atomic mass is 14.4. The molecule has 18 heavy (non-hydrogen) atoms. The van der Waals surface area contributed by atoms with Crippen LogP contribution in [0.3, 0.4) is 0 Å². The van der Waals surface area contributed by atoms with Gasteiger partial charge in [0, 0.05) is 0 Å². The van der Waals surface area contributed by atoms with Gasteiger partial charge in [-0.15, -0.1) is 0 Å². The maximum absolute atomic E-state index is 2.48. The average Bonchev–Trinajstić information content (AvgIpc) is 2.30. The number of unbranched alkanes of at least 4 members (excludes halogenated alkanes) is 2. The third kappa shape index (κ3) is 4.28. The summed E-state index contributed by atoms with van der Waals surface area (Å²) in [5, 5.41) is 0. The Bertz CT molecular complexity index is 226. The van der Waals surface area contributed by atoms with Gasteiger partial charge in [-0.3, -0.25) is 0 Å². The van der Waals surface area contributed by atoms with Gasteiger partial charge in [-0.1, -0.05) is 73.6 Å². The number of hydrogen-bond acceptors (Lipinski definition) is 0. The van der Waals surface area contributed by atoms with Crippen LogP contribution in [0.2, 0.25) is 0 Å². The second-order valence-corrected chi connectivity index (χ2v) is 7.77. The van der Waals surface area contributed by atoms with Gasteiger partial charge in [-0.05, 0) is 41.9 Å². The predicted molar refractivity (Wildman–Crippen MR) is 82.8 cm³/mol. The van der Waals surface area contributed by atoms with Crippen molar-refractivity contribution in [2.24, 2.45) is 29.1 Å². The molecule has 3 atom stereocenters. The van der Waals surface area contributed by atoms with Crippen LogP contribution in [0.4, 0.5) is 0 Å². The SMILES string of the molecule is CCC1CC(CCCCCC(C)(C)C(C)C)C1C. The minimum atomic E-state index is 0.539. The fourth-order valence-corrected chi connectivity index (χ4v) is 3.38. The van der Waals surface area contributed by atoms with Crippen LogP contribution in [0.5, 0.6) is 0 Å². The smallest absolute Gasteiger partial charge is 0.0331 e. The molecule has 1 fully saturated rings. The molecular weight excluding hydrogens is 216 g/mol. The second kappa shape index (κ2) is 6.96. The van der Waals surface area contributed by atoms with E-state index < -0.39 is 0 Å². The van der Waals surface area contributed by atoms with Gasteiger partial charge in [0.2, 0.25) is 0 Å². The quantitative estimate of drug-likeness (QED) is 0.445. The van der Waals surface area contributed by atoms with Crippen molar-refractivity contribution in [3.8, 4) is 0 Å². The van der Waals surface area contributed by atoms with Crippen LogP contribution in [0.25, 0.3) is 0 Å². The van der Waals surface area contributed by atoms with Gasteiger partial charge in [0.15, 0.2) is 0 Å². The minimum Gasteiger partial charge on any atom is -0.0651 e. The molecule has 1 rings (SSSR count). The molecule has 1 aliphatic rings. The molecule has 1 aliphatic carbocycles. The van der Waals surface area contributed by atoms with Gasteiger partial charge < -0.3 is 0 Å². The zero-order valence-electron chi connectivity index (χ0n) is 13.8. The normalized spacial score (nSPS) is 28.5. The standard InChI is InChI=1S/C18H36/c1-7-16-13-17(15(16)4)11-9-8-10-12-18(5,6)14(2)3/h14-17H,7-13H2,1-6H3. The van der Waals surface area contributed by atoms with Crippen LogP contribution in [-0.4, -0.2) is 0 Å². The molecule has 0 aliphatic heterocycles. The Labute approximate surface area is 116 Å². The molecule has 0 aromatic heterocycles. The molecule has 0 radical (unpaired) electrons. The lowest BCUT2D eigenvalue weighted by Crippen LogP contribution is -2.33. The summed E-state index contributed by atoms with van der Waals surface area (Å²) >= 11 is 0. The van der Waals surface area contributed by atoms with Crippen molar-refractivity contribution in [2.75, 3.05) is 0 Å². The van der Waals surface area contributed by atoms with E-state index in [1.807, 2.05) is 0 Å². The van der Waals surface area contributed by atoms with Crippen LogP contribution in [0.1, 0.15) is 86.5 Å². The van der Waals surface area contributed by atoms with Crippen LogP contribution < -0.4 is 0 Å². The van der Waals surface area contributed by atoms with Gasteiger partial charge in [0.1, 0.15) is 0 Å². The number of hydrogen-bond donors (Lipinski definition) is 0. The van der Waals surface area contributed by atoms with Crippen molar-refractivity contribution in [3.05, 3.63) is 0 Å². The predicted octanol–water partition coefficient (Wildman–Crippen LogP) is 6.30. The fourth-order valence-electron chi connectivity index (χ4n) is 3.38. The van der Waals surface area contributed by atoms with Gasteiger partial charge in [0.05, 0.1) is 0 Å². The van der Waals surface area contributed by atoms with E-state index in [9.17, 15) is 0 Å². The lowest BCUT2D eigenvalue weighted by atomic mass is 9.63. The molecule has 0 aromatic rings. The monoisotopic (exact) mass is 252 g/mol. The van der Waals surface area contributed by atoms with E-state index in [-0.39, 0.29) is 0 Å². The average molecular weight is 252 g/mol. The summed E-state index contributed by atoms with van der Waals surface area (Å²) in [4.78, 5) is 0. The van der Waals surface area contributed by atoms with Gasteiger partial charge in [0.25, 0.3) is 0 Å². The van der Waals surface area contributed by atoms with Crippen molar-refractivity contribution in [3.63, 3.8) is 0 Å². The first-order valence-corrected chi connectivity index (χ1v) is 8.38. The lowest BCUT2D eigenvalue weighted by molar-refractivity contribution is 0.0741. The first-order valence-electron chi connectivity index (χ1n) is 8.38. The second-order valence-electron chi connectivity index (χ2n) is 7.77. The highest BCUT2D eigenvalue weighted by Crippen LogP contribution is 2.44. The molecular formula is C18H36. The zero-order valence-corrected chi connectivity index (χ0v) is 13.8. The van der Waals surface area contributed by atoms with E-state index in [0.717, 1.165) is 23.7 Å². The molecule has 0 heterocycles. The lowest BCUT2D eigenvalue weighted by Gasteiger charge is -2.43. The summed E-state index contributed by atoms with van der Waals surface area (Å²) in [6.07, 6.45) is 10.2. The highest BCUT2D eigenvalue weighted by Gasteiger charge is 2.35. The Morgan fingerprint density at radius 3 is 2.22 bits per heavy atom. The van der Waals surface area contributed by atoms with E-state index in [1.165, 1.54) is 44.9 Å². The summed E-state index contributed by atoms with van der Waals surface area (Å²) < 4.78 is 0. The van der Waals surface area contributed by atoms with Crippen molar-refractivity contribution in [1.29, 1.82) is 0 Å². The van der Waals surface area contributed by atoms with Crippen LogP contribution in [0.15, 0.2) is 0 Å². The van der Waals surface area contributed by atoms with Crippen molar-refractivity contribution in [1.82, 2.24) is 0 Å². The molecule has 0 amide bonds. The Morgan fingerprint density at radius 1 is 1.06 bits per heavy atom. The first kappa shape index (κ1) is 16.1. The number of rotatable bonds is 8. The van der Waals surface area contributed by atoms with E-state index in [1.54, 1.807) is 0 Å². The third-order valence-electron chi connectivity index (χ3n) is 6.08. The van der Waals surface area contributed by atoms with Crippen LogP contribution in [-0.2, 0) is 0 Å². The van der Waals surface area contributed by atoms with Crippen LogP contribution in [0, 0.1) is 29.1 Å². The topological polar surface area (TPSA) is 0 Å². The van der Waals surface area contributed by atoms with Gasteiger partial charge >= 0.3 is 0 Å². The van der Waals surface area contributed by atoms with Gasteiger partial charge in [-0.2, -0.15) is 0 Å². The summed E-state index contributed by atoms with van der Waals surface area (Å²) in [5.41, 5.74) is 0.539. The van der Waals surface area contributed by atoms with E-state index in [2.05, 4.69) is 41.5 Å². The third-order valence-corrected chi connectivity index (χ3v) is 6.08. The summed E-state index contributed by atoms with van der Waals surface area (Å²) in [6.45, 7) is 14.4. The van der Waals surface area contributed by atoms with Crippen molar-refractivity contribution in [2.45, 2.75) is 86.5 Å². The highest BCUT2D eigenvalue weighted by molar-refractivity contribution is 4.85. The first-order chi connectivity index (χ1) is 8.38. The molecule has 0 N–H and O–H groups in total. The van der Waals surface area contributed by atoms with Crippen molar-refractivity contribution < 1.29 is 0 Å². The van der Waals surface area contributed by atoms with E-state index in [4.69, 9.17) is 0 Å². The molecule has 3 unspecified atom stereocenters. The largest absolute Gasteiger partial charge is 0.0651 e. The maximum atomic E-state index is 2.48.